The van der Waals surface area contributed by atoms with Gasteiger partial charge in [-0.1, -0.05) is 111 Å². The Morgan fingerprint density at radius 2 is 1.27 bits per heavy atom. The third-order valence-electron chi connectivity index (χ3n) is 20.9. The van der Waals surface area contributed by atoms with Crippen molar-refractivity contribution in [2.24, 2.45) is 41.2 Å². The molecule has 3 aromatic carbocycles. The number of ether oxygens (including phenoxy) is 3. The smallest absolute Gasteiger partial charge is 0.314 e. The van der Waals surface area contributed by atoms with E-state index in [1.54, 1.807) is 61.9 Å². The minimum absolute atomic E-state index is 0.0127. The first-order valence-electron chi connectivity index (χ1n) is 38.1. The molecule has 11 atom stereocenters. The monoisotopic (exact) mass is 1560 g/mol. The molecule has 3 aromatic rings. The summed E-state index contributed by atoms with van der Waals surface area (Å²) < 4.78 is 86.7. The zero-order valence-corrected chi connectivity index (χ0v) is 66.3. The number of nitrogens with one attached hydrogen (secondary N) is 7. The molecule has 0 radical (unpaired) electrons. The predicted octanol–water partition coefficient (Wildman–Crippen LogP) is 7.46. The number of likely N-dealkylation sites (N-methyl/N-ethyl adjacent to an activating group) is 2. The molecule has 0 spiro atoms. The number of methoxy groups -OCH3 is 2. The highest BCUT2D eigenvalue weighted by molar-refractivity contribution is 5.99. The fraction of sp³-hybridized carbons (Fsp3) is 0.620. The Morgan fingerprint density at radius 3 is 1.83 bits per heavy atom. The van der Waals surface area contributed by atoms with Crippen LogP contribution < -0.4 is 47.7 Å². The molecule has 1 aliphatic carbocycles. The summed E-state index contributed by atoms with van der Waals surface area (Å²) in [6.45, 7) is 17.1. The molecule has 1 saturated carbocycles. The van der Waals surface area contributed by atoms with Gasteiger partial charge in [0, 0.05) is 78.4 Å². The topological polar surface area (TPSA) is 362 Å². The number of primary amides is 1. The number of urea groups is 1. The van der Waals surface area contributed by atoms with Gasteiger partial charge in [0.2, 0.25) is 88.0 Å². The van der Waals surface area contributed by atoms with Crippen LogP contribution in [0.5, 0.6) is 5.75 Å². The number of esters is 1. The van der Waals surface area contributed by atoms with Gasteiger partial charge in [0.15, 0.2) is 0 Å². The third kappa shape index (κ3) is 26.4. The van der Waals surface area contributed by atoms with E-state index >= 15 is 0 Å². The Bertz CT molecular complexity index is 3660. The maximum absolute atomic E-state index is 14.7. The second-order valence-electron chi connectivity index (χ2n) is 30.1. The minimum Gasteiger partial charge on any atom is -0.420 e. The van der Waals surface area contributed by atoms with E-state index in [2.05, 4.69) is 42.0 Å². The summed E-state index contributed by atoms with van der Waals surface area (Å²) in [5.41, 5.74) is 6.91. The molecule has 614 valence electrons. The Hall–Kier alpha value is -9.35. The number of halogens is 5. The molecule has 9 N–H and O–H groups in total. The van der Waals surface area contributed by atoms with Crippen molar-refractivity contribution in [3.8, 4) is 11.8 Å². The fourth-order valence-corrected chi connectivity index (χ4v) is 14.5. The van der Waals surface area contributed by atoms with Gasteiger partial charge in [-0.2, -0.15) is 14.0 Å². The molecule has 11 amide bonds. The van der Waals surface area contributed by atoms with E-state index in [4.69, 9.17) is 15.2 Å². The zero-order valence-electron chi connectivity index (χ0n) is 66.3. The number of nitrogens with zero attached hydrogens (tertiary/aromatic N) is 5. The van der Waals surface area contributed by atoms with Crippen molar-refractivity contribution in [2.75, 3.05) is 60.3 Å². The van der Waals surface area contributed by atoms with Crippen molar-refractivity contribution in [1.29, 1.82) is 5.26 Å². The van der Waals surface area contributed by atoms with E-state index in [1.165, 1.54) is 19.1 Å². The number of carbonyl (C=O) groups excluding carboxylic acids is 11. The van der Waals surface area contributed by atoms with Crippen molar-refractivity contribution in [3.63, 3.8) is 0 Å². The van der Waals surface area contributed by atoms with Crippen molar-refractivity contribution in [1.82, 2.24) is 51.5 Å². The predicted molar refractivity (Wildman–Crippen MR) is 403 cm³/mol. The number of nitrogens with two attached hydrogens (primary N) is 1. The number of rotatable bonds is 42. The molecule has 1 heterocycles. The number of unbranched alkanes of at least 4 members (excludes halogenated alkanes) is 1. The summed E-state index contributed by atoms with van der Waals surface area (Å²) in [5, 5.41) is 29.0. The quantitative estimate of drug-likeness (QED) is 0.00681. The number of nitriles is 1. The second kappa shape index (κ2) is 44.6. The number of hydrogen-bond donors (Lipinski definition) is 8. The van der Waals surface area contributed by atoms with E-state index < -0.39 is 167 Å². The van der Waals surface area contributed by atoms with Gasteiger partial charge < -0.3 is 71.9 Å². The lowest BCUT2D eigenvalue weighted by Crippen LogP contribution is -2.59. The average molecular weight is 1560 g/mol. The highest BCUT2D eigenvalue weighted by Crippen LogP contribution is 2.35. The lowest BCUT2D eigenvalue weighted by atomic mass is 9.85. The van der Waals surface area contributed by atoms with Crippen molar-refractivity contribution in [3.05, 3.63) is 94.8 Å². The van der Waals surface area contributed by atoms with Crippen LogP contribution in [0.3, 0.4) is 0 Å². The minimum atomic E-state index is -2.42. The standard InChI is InChI=1S/C79H114F5N13O14/c1-15-47(8)69(95(12)77(106)67(45(4)5)93-76(105)68(46(6)7)94(10)11)57(109-13)42-60(100)97-39-21-26-56(97)70(110-14)48(9)72(101)91-55(41-49-23-17-16-18-24-49)73(102)88-43-50-27-31-52(32-28-50)89-74(103)54(25-19-20-38-87-79(86)108)90-75(104)66(44(2)3)92-58(98)35-36-59(99)96(40-22-37-85)53-33-29-51(30-34-53)78(107)111-71-64(83)62(81)61(80)63(82)65(71)84/h16-18,23-24,27-28,31-32,44-48,51,53-57,66-70H,15,19-22,25-26,29-30,33-36,38-43H2,1-14H3,(H,88,102)(H,89,103)(H,90,104)(H,91,101)(H,92,98)(H,93,105)(H3,86,87,108)/t47-,48+,51?,53?,54-,55-,56-,57+,66-,67-,68-,69-,70+/m0/s1. The molecule has 1 saturated heterocycles. The highest BCUT2D eigenvalue weighted by Gasteiger charge is 2.45. The number of amides is 11. The normalized spacial score (nSPS) is 17.7. The van der Waals surface area contributed by atoms with Crippen LogP contribution in [0.4, 0.5) is 32.4 Å². The van der Waals surface area contributed by atoms with Gasteiger partial charge in [-0.05, 0) is 119 Å². The van der Waals surface area contributed by atoms with Crippen LogP contribution in [0.25, 0.3) is 0 Å². The summed E-state index contributed by atoms with van der Waals surface area (Å²) in [5.74, 6) is -22.0. The Labute approximate surface area is 647 Å². The van der Waals surface area contributed by atoms with E-state index in [0.29, 0.717) is 49.9 Å². The lowest BCUT2D eigenvalue weighted by Gasteiger charge is -2.41. The third-order valence-corrected chi connectivity index (χ3v) is 20.9. The molecule has 2 fully saturated rings. The van der Waals surface area contributed by atoms with Crippen LogP contribution in [-0.4, -0.2) is 200 Å². The number of hydrogen-bond acceptors (Lipinski definition) is 16. The fourth-order valence-electron chi connectivity index (χ4n) is 14.5. The Morgan fingerprint density at radius 1 is 0.658 bits per heavy atom. The van der Waals surface area contributed by atoms with E-state index in [9.17, 15) is 80.0 Å². The molecule has 27 nitrogen and oxygen atoms in total. The summed E-state index contributed by atoms with van der Waals surface area (Å²) in [6.07, 6.45) is 0.225. The summed E-state index contributed by atoms with van der Waals surface area (Å²) in [4.78, 5) is 158. The molecule has 1 aliphatic heterocycles. The van der Waals surface area contributed by atoms with Gasteiger partial charge >= 0.3 is 12.0 Å². The van der Waals surface area contributed by atoms with Crippen molar-refractivity contribution >= 4 is 70.9 Å². The highest BCUT2D eigenvalue weighted by atomic mass is 19.2. The van der Waals surface area contributed by atoms with Gasteiger partial charge in [-0.15, -0.1) is 0 Å². The molecular formula is C79H114F5N13O14. The maximum atomic E-state index is 14.7. The summed E-state index contributed by atoms with van der Waals surface area (Å²) in [6, 6.07) is 10.3. The lowest BCUT2D eigenvalue weighted by molar-refractivity contribution is -0.148. The van der Waals surface area contributed by atoms with E-state index in [0.717, 1.165) is 5.56 Å². The molecule has 0 bridgehead atoms. The van der Waals surface area contributed by atoms with E-state index in [1.807, 2.05) is 96.9 Å². The SMILES string of the molecule is CC[C@H](C)[C@@H]([C@@H](CC(=O)N1CCC[C@H]1[C@H](OC)[C@@H](C)C(=O)N[C@@H](Cc1ccccc1)C(=O)NCc1ccc(NC(=O)[C@H](CCCCNC(N)=O)NC(=O)[C@@H](NC(=O)CCC(=O)N(CCC#N)C2CCC(C(=O)Oc3c(F)c(F)c(F)c(F)c3F)CC2)C(C)C)cc1)OC)N(C)C(=O)[C@@H](NC(=O)[C@H](C(C)C)N(C)C)C(C)C. The van der Waals surface area contributed by atoms with Gasteiger partial charge in [0.25, 0.3) is 0 Å². The van der Waals surface area contributed by atoms with Crippen LogP contribution >= 0.6 is 0 Å². The van der Waals surface area contributed by atoms with Crippen LogP contribution in [0, 0.1) is 75.9 Å². The molecule has 0 unspecified atom stereocenters. The van der Waals surface area contributed by atoms with Crippen molar-refractivity contribution < 1.29 is 88.9 Å². The van der Waals surface area contributed by atoms with Gasteiger partial charge in [0.1, 0.15) is 24.2 Å². The van der Waals surface area contributed by atoms with Gasteiger partial charge in [-0.25, -0.2) is 18.0 Å². The zero-order chi connectivity index (χ0) is 82.7. The van der Waals surface area contributed by atoms with Crippen LogP contribution in [-0.2, 0) is 70.4 Å². The van der Waals surface area contributed by atoms with Gasteiger partial charge in [-0.3, -0.25) is 52.8 Å². The molecule has 5 rings (SSSR count). The average Bonchev–Trinajstić information content (AvgIpc) is 0.993. The number of carbonyl (C=O) groups is 11. The number of benzene rings is 3. The van der Waals surface area contributed by atoms with E-state index in [-0.39, 0.29) is 113 Å². The molecular weight excluding hydrogens is 1450 g/mol. The second-order valence-corrected chi connectivity index (χ2v) is 30.1. The Kier molecular flexibility index (Phi) is 37.1. The molecule has 111 heavy (non-hydrogen) atoms. The molecule has 32 heteroatoms. The molecule has 0 aromatic heterocycles. The first kappa shape index (κ1) is 92.3. The largest absolute Gasteiger partial charge is 0.420 e. The summed E-state index contributed by atoms with van der Waals surface area (Å²) in [7, 11) is 8.31. The first-order chi connectivity index (χ1) is 52.5. The number of anilines is 1. The Balaban J connectivity index is 1.22. The maximum Gasteiger partial charge on any atom is 0.314 e. The first-order valence-corrected chi connectivity index (χ1v) is 38.1. The summed E-state index contributed by atoms with van der Waals surface area (Å²) >= 11 is 0. The number of likely N-dealkylation sites (tertiary alicyclic amines) is 1. The van der Waals surface area contributed by atoms with Crippen LogP contribution in [0.2, 0.25) is 0 Å². The van der Waals surface area contributed by atoms with Gasteiger partial charge in [0.05, 0.1) is 61.1 Å². The van der Waals surface area contributed by atoms with Crippen LogP contribution in [0.15, 0.2) is 54.6 Å². The van der Waals surface area contributed by atoms with Crippen LogP contribution in [0.1, 0.15) is 163 Å². The van der Waals surface area contributed by atoms with Crippen molar-refractivity contribution in [2.45, 2.75) is 226 Å². The molecule has 2 aliphatic rings.